The Hall–Kier alpha value is -3.46. The molecule has 4 rings (SSSR count). The van der Waals surface area contributed by atoms with Crippen molar-refractivity contribution in [2.45, 2.75) is 45.8 Å². The van der Waals surface area contributed by atoms with E-state index in [-0.39, 0.29) is 24.0 Å². The van der Waals surface area contributed by atoms with Gasteiger partial charge in [-0.3, -0.25) is 18.7 Å². The van der Waals surface area contributed by atoms with Crippen molar-refractivity contribution in [1.82, 2.24) is 18.7 Å². The molecule has 0 aliphatic carbocycles. The monoisotopic (exact) mass is 450 g/mol. The van der Waals surface area contributed by atoms with E-state index in [0.717, 1.165) is 29.5 Å². The highest BCUT2D eigenvalue weighted by atomic mass is 16.2. The maximum Gasteiger partial charge on any atom is 0.332 e. The number of carbonyl (C=O) groups excluding carboxylic acids is 1. The maximum atomic E-state index is 13.2. The fourth-order valence-corrected chi connectivity index (χ4v) is 4.23. The molecule has 1 unspecified atom stereocenters. The van der Waals surface area contributed by atoms with Gasteiger partial charge in [0.05, 0.1) is 6.54 Å². The van der Waals surface area contributed by atoms with Crippen molar-refractivity contribution >= 4 is 22.9 Å². The molecule has 1 aromatic carbocycles. The van der Waals surface area contributed by atoms with Gasteiger partial charge in [-0.05, 0) is 26.7 Å². The molecule has 0 radical (unpaired) electrons. The second-order valence-corrected chi connectivity index (χ2v) is 8.85. The van der Waals surface area contributed by atoms with Gasteiger partial charge < -0.3 is 15.2 Å². The van der Waals surface area contributed by atoms with E-state index < -0.39 is 11.2 Å². The number of nitrogens with two attached hydrogens (primary N) is 1. The molecule has 1 saturated heterocycles. The normalized spacial score (nSPS) is 16.2. The fraction of sp³-hybridized carbons (Fsp3) is 0.417. The number of benzene rings is 1. The number of nitrogens with zero attached hydrogens (tertiary/aromatic N) is 5. The number of imidazole rings is 1. The predicted molar refractivity (Wildman–Crippen MR) is 129 cm³/mol. The van der Waals surface area contributed by atoms with Gasteiger partial charge >= 0.3 is 5.69 Å². The highest BCUT2D eigenvalue weighted by Gasteiger charge is 2.26. The van der Waals surface area contributed by atoms with E-state index in [1.807, 2.05) is 30.6 Å². The first-order chi connectivity index (χ1) is 15.8. The van der Waals surface area contributed by atoms with Crippen molar-refractivity contribution in [1.29, 1.82) is 0 Å². The van der Waals surface area contributed by atoms with Crippen molar-refractivity contribution in [3.05, 3.63) is 68.4 Å². The number of carbonyl (C=O) groups is 1. The van der Waals surface area contributed by atoms with Crippen LogP contribution >= 0.6 is 0 Å². The van der Waals surface area contributed by atoms with Crippen LogP contribution in [-0.4, -0.2) is 43.6 Å². The highest BCUT2D eigenvalue weighted by molar-refractivity contribution is 5.96. The summed E-state index contributed by atoms with van der Waals surface area (Å²) in [5.74, 6) is 0.374. The Kier molecular flexibility index (Phi) is 6.33. The average molecular weight is 451 g/mol. The third-order valence-corrected chi connectivity index (χ3v) is 6.03. The number of Topliss-reactive ketones (excluding diaryl/α,β-unsaturated/α-hetero) is 1. The minimum absolute atomic E-state index is 0.0140. The lowest BCUT2D eigenvalue weighted by Crippen LogP contribution is -2.44. The zero-order chi connectivity index (χ0) is 23.7. The molecule has 2 aromatic heterocycles. The third-order valence-electron chi connectivity index (χ3n) is 6.03. The van der Waals surface area contributed by atoms with E-state index >= 15 is 0 Å². The number of ketones is 1. The molecule has 1 aliphatic heterocycles. The lowest BCUT2D eigenvalue weighted by molar-refractivity contribution is 0.0971. The zero-order valence-electron chi connectivity index (χ0n) is 19.3. The van der Waals surface area contributed by atoms with Crippen molar-refractivity contribution < 1.29 is 4.79 Å². The molecule has 1 fully saturated rings. The molecule has 2 N–H and O–H groups in total. The van der Waals surface area contributed by atoms with Gasteiger partial charge in [-0.2, -0.15) is 4.98 Å². The average Bonchev–Trinajstić information content (AvgIpc) is 3.19. The van der Waals surface area contributed by atoms with E-state index in [4.69, 9.17) is 10.7 Å². The standard InChI is InChI=1S/C24H30N6O3/c1-16(2)11-13-29-20-21(26-23(29)28-12-7-10-18(25)14-28)30(24(33)27(3)22(20)32)15-19(31)17-8-5-4-6-9-17/h4-6,8-9,11,18H,7,10,12-15,25H2,1-3H3. The van der Waals surface area contributed by atoms with Crippen LogP contribution in [0.1, 0.15) is 37.0 Å². The minimum Gasteiger partial charge on any atom is -0.341 e. The van der Waals surface area contributed by atoms with Crippen LogP contribution in [0.2, 0.25) is 0 Å². The third kappa shape index (κ3) is 4.41. The van der Waals surface area contributed by atoms with Gasteiger partial charge in [0.15, 0.2) is 16.9 Å². The van der Waals surface area contributed by atoms with Crippen molar-refractivity contribution in [3.8, 4) is 0 Å². The summed E-state index contributed by atoms with van der Waals surface area (Å²) in [6, 6.07) is 8.81. The molecular weight excluding hydrogens is 420 g/mol. The SMILES string of the molecule is CC(C)=CCn1c(N2CCCC(N)C2)nc2c1c(=O)n(C)c(=O)n2CC(=O)c1ccccc1. The number of hydrogen-bond acceptors (Lipinski definition) is 6. The van der Waals surface area contributed by atoms with Crippen molar-refractivity contribution in [2.24, 2.45) is 12.8 Å². The molecule has 3 aromatic rings. The Morgan fingerprint density at radius 1 is 1.18 bits per heavy atom. The van der Waals surface area contributed by atoms with E-state index in [1.54, 1.807) is 24.3 Å². The summed E-state index contributed by atoms with van der Waals surface area (Å²) in [7, 11) is 1.43. The van der Waals surface area contributed by atoms with Crippen LogP contribution in [0.5, 0.6) is 0 Å². The molecule has 1 atom stereocenters. The largest absolute Gasteiger partial charge is 0.341 e. The summed E-state index contributed by atoms with van der Waals surface area (Å²) in [5, 5.41) is 0. The Morgan fingerprint density at radius 3 is 2.58 bits per heavy atom. The molecule has 1 aliphatic rings. The topological polar surface area (TPSA) is 108 Å². The first kappa shape index (κ1) is 22.7. The maximum absolute atomic E-state index is 13.2. The van der Waals surface area contributed by atoms with Crippen LogP contribution in [0.25, 0.3) is 11.2 Å². The van der Waals surface area contributed by atoms with Crippen LogP contribution < -0.4 is 21.9 Å². The Labute approximate surface area is 191 Å². The molecule has 9 heteroatoms. The molecule has 0 spiro atoms. The summed E-state index contributed by atoms with van der Waals surface area (Å²) in [6.07, 6.45) is 3.87. The molecule has 9 nitrogen and oxygen atoms in total. The Balaban J connectivity index is 1.92. The van der Waals surface area contributed by atoms with Crippen LogP contribution in [0.15, 0.2) is 51.6 Å². The molecule has 0 bridgehead atoms. The number of piperidine rings is 1. The molecule has 0 amide bonds. The number of anilines is 1. The Morgan fingerprint density at radius 2 is 1.91 bits per heavy atom. The molecule has 33 heavy (non-hydrogen) atoms. The van der Waals surface area contributed by atoms with Gasteiger partial charge in [0.25, 0.3) is 5.56 Å². The van der Waals surface area contributed by atoms with Crippen LogP contribution in [0, 0.1) is 0 Å². The fourth-order valence-electron chi connectivity index (χ4n) is 4.23. The van der Waals surface area contributed by atoms with Gasteiger partial charge in [-0.1, -0.05) is 42.0 Å². The first-order valence-corrected chi connectivity index (χ1v) is 11.2. The number of aromatic nitrogens is 4. The summed E-state index contributed by atoms with van der Waals surface area (Å²) >= 11 is 0. The Bertz CT molecular complexity index is 1330. The second-order valence-electron chi connectivity index (χ2n) is 8.85. The molecule has 174 valence electrons. The van der Waals surface area contributed by atoms with Crippen molar-refractivity contribution in [3.63, 3.8) is 0 Å². The van der Waals surface area contributed by atoms with E-state index in [0.29, 0.717) is 30.1 Å². The number of hydrogen-bond donors (Lipinski definition) is 1. The lowest BCUT2D eigenvalue weighted by atomic mass is 10.1. The smallest absolute Gasteiger partial charge is 0.332 e. The van der Waals surface area contributed by atoms with Gasteiger partial charge in [0.1, 0.15) is 0 Å². The number of allylic oxidation sites excluding steroid dienone is 2. The molecule has 3 heterocycles. The van der Waals surface area contributed by atoms with E-state index in [9.17, 15) is 14.4 Å². The van der Waals surface area contributed by atoms with Crippen LogP contribution in [0.3, 0.4) is 0 Å². The first-order valence-electron chi connectivity index (χ1n) is 11.2. The summed E-state index contributed by atoms with van der Waals surface area (Å²) in [6.45, 7) is 5.58. The quantitative estimate of drug-likeness (QED) is 0.452. The van der Waals surface area contributed by atoms with Gasteiger partial charge in [0.2, 0.25) is 5.95 Å². The predicted octanol–water partition coefficient (Wildman–Crippen LogP) is 1.67. The summed E-state index contributed by atoms with van der Waals surface area (Å²) in [4.78, 5) is 46.1. The van der Waals surface area contributed by atoms with Crippen LogP contribution in [-0.2, 0) is 20.1 Å². The van der Waals surface area contributed by atoms with Gasteiger partial charge in [-0.15, -0.1) is 0 Å². The minimum atomic E-state index is -0.564. The zero-order valence-corrected chi connectivity index (χ0v) is 19.3. The number of rotatable bonds is 6. The van der Waals surface area contributed by atoms with E-state index in [1.165, 1.54) is 11.6 Å². The van der Waals surface area contributed by atoms with E-state index in [2.05, 4.69) is 4.90 Å². The van der Waals surface area contributed by atoms with Crippen molar-refractivity contribution in [2.75, 3.05) is 18.0 Å². The van der Waals surface area contributed by atoms with Crippen LogP contribution in [0.4, 0.5) is 5.95 Å². The molecule has 0 saturated carbocycles. The lowest BCUT2D eigenvalue weighted by Gasteiger charge is -2.31. The summed E-state index contributed by atoms with van der Waals surface area (Å²) < 4.78 is 4.19. The number of fused-ring (bicyclic) bond motifs is 1. The highest BCUT2D eigenvalue weighted by Crippen LogP contribution is 2.23. The van der Waals surface area contributed by atoms with Gasteiger partial charge in [0, 0.05) is 38.3 Å². The van der Waals surface area contributed by atoms with Gasteiger partial charge in [-0.25, -0.2) is 4.79 Å². The summed E-state index contributed by atoms with van der Waals surface area (Å²) in [5.41, 5.74) is 7.35. The molecular formula is C24H30N6O3. The second kappa shape index (κ2) is 9.19.